The summed E-state index contributed by atoms with van der Waals surface area (Å²) in [6.45, 7) is 9.19. The van der Waals surface area contributed by atoms with Gasteiger partial charge in [0, 0.05) is 23.3 Å². The predicted octanol–water partition coefficient (Wildman–Crippen LogP) is 10.2. The van der Waals surface area contributed by atoms with Crippen molar-refractivity contribution in [2.75, 3.05) is 39.6 Å². The molecule has 352 valence electrons. The van der Waals surface area contributed by atoms with Crippen LogP contribution in [0.1, 0.15) is 111 Å². The van der Waals surface area contributed by atoms with Crippen molar-refractivity contribution in [3.8, 4) is 34.0 Å². The molecule has 2 atom stereocenters. The molecule has 0 radical (unpaired) electrons. The highest BCUT2D eigenvalue weighted by Crippen LogP contribution is 2.24. The summed E-state index contributed by atoms with van der Waals surface area (Å²) < 4.78 is 44.2. The number of nitrogens with zero attached hydrogens (tertiary/aromatic N) is 2. The van der Waals surface area contributed by atoms with Crippen LogP contribution in [0.15, 0.2) is 111 Å². The lowest BCUT2D eigenvalue weighted by Gasteiger charge is -2.30. The molecule has 1 aliphatic heterocycles. The molecule has 0 saturated carbocycles. The Kier molecular flexibility index (Phi) is 22.4. The van der Waals surface area contributed by atoms with Crippen molar-refractivity contribution < 1.29 is 57.1 Å². The largest absolute Gasteiger partial charge is 0.492 e. The normalized spacial score (nSPS) is 14.4. The van der Waals surface area contributed by atoms with Gasteiger partial charge in [-0.2, -0.15) is 0 Å². The quantitative estimate of drug-likeness (QED) is 0.0210. The van der Waals surface area contributed by atoms with Gasteiger partial charge in [-0.15, -0.1) is 0 Å². The zero-order chi connectivity index (χ0) is 46.6. The third kappa shape index (κ3) is 18.2. The highest BCUT2D eigenvalue weighted by atomic mass is 16.8. The van der Waals surface area contributed by atoms with E-state index in [1.807, 2.05) is 24.3 Å². The first-order valence-electron chi connectivity index (χ1n) is 22.9. The Labute approximate surface area is 387 Å². The summed E-state index contributed by atoms with van der Waals surface area (Å²) in [6.07, 6.45) is 17.8. The summed E-state index contributed by atoms with van der Waals surface area (Å²) in [6, 6.07) is 21.1. The van der Waals surface area contributed by atoms with Gasteiger partial charge in [0.05, 0.1) is 74.5 Å². The van der Waals surface area contributed by atoms with Crippen LogP contribution >= 0.6 is 0 Å². The van der Waals surface area contributed by atoms with Gasteiger partial charge in [0.2, 0.25) is 0 Å². The maximum atomic E-state index is 13.1. The van der Waals surface area contributed by atoms with Crippen molar-refractivity contribution in [2.24, 2.45) is 0 Å². The number of benzene rings is 2. The monoisotopic (exact) mass is 906 g/mol. The van der Waals surface area contributed by atoms with E-state index in [1.165, 1.54) is 12.2 Å². The minimum absolute atomic E-state index is 0.154. The van der Waals surface area contributed by atoms with Gasteiger partial charge in [-0.25, -0.2) is 19.2 Å². The molecular weight excluding hydrogens is 845 g/mol. The Morgan fingerprint density at radius 3 is 1.17 bits per heavy atom. The van der Waals surface area contributed by atoms with Crippen LogP contribution in [0.25, 0.3) is 22.5 Å². The molecule has 66 heavy (non-hydrogen) atoms. The molecule has 0 aliphatic carbocycles. The number of carbonyl (C=O) groups excluding carboxylic acids is 4. The van der Waals surface area contributed by atoms with Crippen LogP contribution in [0.5, 0.6) is 11.5 Å². The van der Waals surface area contributed by atoms with E-state index in [2.05, 4.69) is 23.1 Å². The van der Waals surface area contributed by atoms with Crippen LogP contribution in [0, 0.1) is 0 Å². The molecule has 0 amide bonds. The smallest absolute Gasteiger partial charge is 0.340 e. The van der Waals surface area contributed by atoms with Gasteiger partial charge in [0.15, 0.2) is 0 Å². The number of ether oxygens (including phenoxy) is 8. The van der Waals surface area contributed by atoms with Gasteiger partial charge >= 0.3 is 23.9 Å². The zero-order valence-corrected chi connectivity index (χ0v) is 37.7. The van der Waals surface area contributed by atoms with Gasteiger partial charge in [-0.3, -0.25) is 9.97 Å². The van der Waals surface area contributed by atoms with Crippen LogP contribution < -0.4 is 9.47 Å². The van der Waals surface area contributed by atoms with Crippen LogP contribution in [0.3, 0.4) is 0 Å². The fourth-order valence-corrected chi connectivity index (χ4v) is 6.86. The summed E-state index contributed by atoms with van der Waals surface area (Å²) in [4.78, 5) is 57.5. The van der Waals surface area contributed by atoms with Crippen LogP contribution in [-0.4, -0.2) is 86.1 Å². The molecule has 2 aromatic carbocycles. The number of hydrogen-bond donors (Lipinski definition) is 0. The van der Waals surface area contributed by atoms with E-state index in [0.717, 1.165) is 112 Å². The Morgan fingerprint density at radius 1 is 0.485 bits per heavy atom. The second-order valence-electron chi connectivity index (χ2n) is 15.6. The molecule has 0 spiro atoms. The minimum atomic E-state index is -1.27. The van der Waals surface area contributed by atoms with E-state index >= 15 is 0 Å². The second kappa shape index (κ2) is 29.2. The molecular formula is C52H62N2O12. The second-order valence-corrected chi connectivity index (χ2v) is 15.6. The van der Waals surface area contributed by atoms with Gasteiger partial charge < -0.3 is 37.9 Å². The van der Waals surface area contributed by atoms with Crippen molar-refractivity contribution in [2.45, 2.75) is 102 Å². The first-order valence-corrected chi connectivity index (χ1v) is 22.9. The lowest BCUT2D eigenvalue weighted by molar-refractivity contribution is -0.288. The molecule has 0 unspecified atom stereocenters. The van der Waals surface area contributed by atoms with Crippen molar-refractivity contribution in [1.82, 2.24) is 9.97 Å². The van der Waals surface area contributed by atoms with E-state index in [1.54, 1.807) is 60.9 Å². The molecule has 0 bridgehead atoms. The first-order chi connectivity index (χ1) is 32.3. The van der Waals surface area contributed by atoms with Gasteiger partial charge in [-0.1, -0.05) is 102 Å². The van der Waals surface area contributed by atoms with Crippen LogP contribution in [0.2, 0.25) is 0 Å². The number of unbranched alkanes of at least 4 members (excludes halogenated alkanes) is 12. The molecule has 3 heterocycles. The molecule has 14 heteroatoms. The van der Waals surface area contributed by atoms with E-state index in [4.69, 9.17) is 37.9 Å². The third-order valence-electron chi connectivity index (χ3n) is 10.6. The molecule has 14 nitrogen and oxygen atoms in total. The minimum Gasteiger partial charge on any atom is -0.492 e. The molecule has 0 N–H and O–H groups in total. The average Bonchev–Trinajstić information content (AvgIpc) is 3.35. The van der Waals surface area contributed by atoms with Crippen molar-refractivity contribution >= 4 is 23.9 Å². The van der Waals surface area contributed by atoms with E-state index in [9.17, 15) is 19.2 Å². The van der Waals surface area contributed by atoms with Gasteiger partial charge in [-0.05, 0) is 74.2 Å². The summed E-state index contributed by atoms with van der Waals surface area (Å²) in [7, 11) is 0. The van der Waals surface area contributed by atoms with Crippen molar-refractivity contribution in [3.05, 3.63) is 122 Å². The lowest BCUT2D eigenvalue weighted by atomic mass is 10.1. The van der Waals surface area contributed by atoms with Gasteiger partial charge in [0.1, 0.15) is 11.5 Å². The molecule has 1 fully saturated rings. The SMILES string of the molecule is C=CC(=O)OCCCCCCCCCOc1ccc(-c2ccc(C(=O)O[C@H]3OCCO[C@@H]3OC(=O)c3ccc(-c4ccc(OCCCCCCCCCOC(=O)C=C)cn4)cc3)cc2)nc1. The molecule has 4 aromatic rings. The van der Waals surface area contributed by atoms with Crippen molar-refractivity contribution in [3.63, 3.8) is 0 Å². The fourth-order valence-electron chi connectivity index (χ4n) is 6.86. The Morgan fingerprint density at radius 2 is 0.833 bits per heavy atom. The standard InChI is InChI=1S/C52H62N2O12/c1-3-47(55)61-33-17-13-9-5-7-11-15-31-59-43-27-29-45(53-37-43)39-19-23-41(24-20-39)49(57)65-51-52(64-36-35-63-51)66-50(58)42-25-21-40(22-26-42)46-30-28-44(38-54-46)60-32-16-12-8-6-10-14-18-34-62-48(56)4-2/h3-4,19-30,37-38,51-52H,1-2,5-18,31-36H2/t51-,52-/m1/s1. The number of esters is 4. The summed E-state index contributed by atoms with van der Waals surface area (Å²) in [5.41, 5.74) is 3.59. The van der Waals surface area contributed by atoms with Crippen LogP contribution in [-0.2, 0) is 38.0 Å². The fraction of sp³-hybridized carbons (Fsp3) is 0.423. The average molecular weight is 907 g/mol. The first kappa shape index (κ1) is 50.6. The van der Waals surface area contributed by atoms with E-state index < -0.39 is 24.5 Å². The van der Waals surface area contributed by atoms with E-state index in [0.29, 0.717) is 37.9 Å². The Hall–Kier alpha value is -6.38. The number of carbonyl (C=O) groups is 4. The highest BCUT2D eigenvalue weighted by molar-refractivity contribution is 5.91. The molecule has 2 aromatic heterocycles. The maximum absolute atomic E-state index is 13.1. The van der Waals surface area contributed by atoms with E-state index in [-0.39, 0.29) is 36.3 Å². The highest BCUT2D eigenvalue weighted by Gasteiger charge is 2.34. The van der Waals surface area contributed by atoms with Gasteiger partial charge in [0.25, 0.3) is 12.6 Å². The summed E-state index contributed by atoms with van der Waals surface area (Å²) in [5.74, 6) is -0.703. The third-order valence-corrected chi connectivity index (χ3v) is 10.6. The predicted molar refractivity (Wildman–Crippen MR) is 248 cm³/mol. The summed E-state index contributed by atoms with van der Waals surface area (Å²) in [5, 5.41) is 0. The Balaban J connectivity index is 0.971. The lowest BCUT2D eigenvalue weighted by Crippen LogP contribution is -2.44. The van der Waals surface area contributed by atoms with Crippen LogP contribution in [0.4, 0.5) is 0 Å². The number of aromatic nitrogens is 2. The molecule has 1 aliphatic rings. The molecule has 1 saturated heterocycles. The number of pyridine rings is 2. The summed E-state index contributed by atoms with van der Waals surface area (Å²) >= 11 is 0. The Bertz CT molecular complexity index is 1940. The topological polar surface area (TPSA) is 168 Å². The number of rotatable bonds is 30. The maximum Gasteiger partial charge on any atom is 0.340 e. The van der Waals surface area contributed by atoms with Crippen molar-refractivity contribution in [1.29, 1.82) is 0 Å². The molecule has 5 rings (SSSR count). The zero-order valence-electron chi connectivity index (χ0n) is 37.7. The number of hydrogen-bond acceptors (Lipinski definition) is 14.